The highest BCUT2D eigenvalue weighted by Gasteiger charge is 2.45. The molecule has 3 N–H and O–H groups in total. The van der Waals surface area contributed by atoms with E-state index in [0.29, 0.717) is 18.3 Å². The van der Waals surface area contributed by atoms with Crippen LogP contribution in [0.4, 0.5) is 0 Å². The van der Waals surface area contributed by atoms with E-state index >= 15 is 0 Å². The van der Waals surface area contributed by atoms with Crippen LogP contribution in [0.3, 0.4) is 0 Å². The largest absolute Gasteiger partial charge is 0.495 e. The highest BCUT2D eigenvalue weighted by molar-refractivity contribution is 7.80. The number of hydrogen-bond acceptors (Lipinski definition) is 5. The summed E-state index contributed by atoms with van der Waals surface area (Å²) in [6.45, 7) is 7.40. The zero-order valence-electron chi connectivity index (χ0n) is 28.4. The number of aliphatic hydroxyl groups is 1. The smallest absolute Gasteiger partial charge is 0.303 e. The van der Waals surface area contributed by atoms with E-state index in [0.717, 1.165) is 126 Å². The van der Waals surface area contributed by atoms with Crippen molar-refractivity contribution in [3.8, 4) is 0 Å². The number of carboxylic acid groups (broad SMARTS) is 1. The fourth-order valence-electron chi connectivity index (χ4n) is 8.71. The molecular formula is C39H61NO5S. The summed E-state index contributed by atoms with van der Waals surface area (Å²) in [4.78, 5) is 24.5. The van der Waals surface area contributed by atoms with Crippen molar-refractivity contribution in [2.75, 3.05) is 12.3 Å². The fourth-order valence-corrected chi connectivity index (χ4v) is 8.94. The van der Waals surface area contributed by atoms with Gasteiger partial charge in [0.25, 0.3) is 0 Å². The topological polar surface area (TPSA) is 95.9 Å². The number of hydrogen-bond donors (Lipinski definition) is 4. The number of amides is 1. The van der Waals surface area contributed by atoms with Gasteiger partial charge in [0, 0.05) is 24.8 Å². The number of unbranched alkanes of at least 4 members (excludes halogenated alkanes) is 5. The molecule has 2 fully saturated rings. The van der Waals surface area contributed by atoms with E-state index in [2.05, 4.69) is 49.6 Å². The lowest BCUT2D eigenvalue weighted by molar-refractivity contribution is -0.137. The van der Waals surface area contributed by atoms with Crippen molar-refractivity contribution in [3.63, 3.8) is 0 Å². The molecule has 2 saturated carbocycles. The molecular weight excluding hydrogens is 594 g/mol. The summed E-state index contributed by atoms with van der Waals surface area (Å²) >= 11 is 4.29. The molecule has 0 spiro atoms. The Morgan fingerprint density at radius 2 is 1.83 bits per heavy atom. The second kappa shape index (κ2) is 19.1. The first-order valence-corrected chi connectivity index (χ1v) is 19.2. The second-order valence-corrected chi connectivity index (χ2v) is 14.9. The number of rotatable bonds is 20. The van der Waals surface area contributed by atoms with Crippen molar-refractivity contribution in [2.24, 2.45) is 29.6 Å². The Kier molecular flexibility index (Phi) is 15.3. The first kappa shape index (κ1) is 36.8. The minimum atomic E-state index is -0.755. The Labute approximate surface area is 283 Å². The first-order chi connectivity index (χ1) is 22.3. The molecule has 3 aliphatic rings. The minimum absolute atomic E-state index is 0.0567. The predicted octanol–water partition coefficient (Wildman–Crippen LogP) is 8.09. The number of ether oxygens (including phenoxy) is 1. The van der Waals surface area contributed by atoms with Gasteiger partial charge in [-0.2, -0.15) is 12.6 Å². The molecule has 1 aromatic rings. The van der Waals surface area contributed by atoms with Gasteiger partial charge in [0.15, 0.2) is 0 Å². The molecule has 0 bridgehead atoms. The van der Waals surface area contributed by atoms with Crippen LogP contribution >= 0.6 is 12.6 Å². The van der Waals surface area contributed by atoms with Crippen LogP contribution in [0.25, 0.3) is 0 Å². The van der Waals surface area contributed by atoms with Gasteiger partial charge in [0.05, 0.1) is 18.0 Å². The molecule has 258 valence electrons. The minimum Gasteiger partial charge on any atom is -0.495 e. The van der Waals surface area contributed by atoms with E-state index in [4.69, 9.17) is 4.74 Å². The molecule has 0 aromatic heterocycles. The van der Waals surface area contributed by atoms with Crippen LogP contribution < -0.4 is 5.32 Å². The third-order valence-electron chi connectivity index (χ3n) is 11.3. The molecule has 0 radical (unpaired) electrons. The molecule has 0 saturated heterocycles. The standard InChI is InChI=1S/C39H61NO5S/c1-3-4-7-15-31(45-27(2)32-16-8-9-17-34(32)39(44)40-22-10-5-6-11-23-46)19-20-33-36-24-29-14-12-13-28(18-21-38(42)43)35(29)25-30(36)26-37(33)41/h12-14,30-34,36-37,41,46H,2-11,15-26H2,1H3,(H,40,44)(H,42,43)/t30-,31-,32?,33+,34?,36-,37+/m0/s1. The Balaban J connectivity index is 1.35. The molecule has 1 aromatic carbocycles. The van der Waals surface area contributed by atoms with Crippen LogP contribution in [0.5, 0.6) is 0 Å². The summed E-state index contributed by atoms with van der Waals surface area (Å²) in [5, 5.41) is 23.7. The van der Waals surface area contributed by atoms with Crippen LogP contribution in [-0.2, 0) is 33.6 Å². The molecule has 7 atom stereocenters. The van der Waals surface area contributed by atoms with E-state index < -0.39 is 5.97 Å². The van der Waals surface area contributed by atoms with Crippen molar-refractivity contribution >= 4 is 24.5 Å². The number of allylic oxidation sites excluding steroid dienone is 1. The van der Waals surface area contributed by atoms with Crippen molar-refractivity contribution in [3.05, 3.63) is 47.2 Å². The third kappa shape index (κ3) is 10.5. The van der Waals surface area contributed by atoms with Gasteiger partial charge in [-0.3, -0.25) is 9.59 Å². The number of aliphatic hydroxyl groups excluding tert-OH is 1. The highest BCUT2D eigenvalue weighted by atomic mass is 32.1. The summed E-state index contributed by atoms with van der Waals surface area (Å²) in [6, 6.07) is 6.37. The van der Waals surface area contributed by atoms with Crippen molar-refractivity contribution in [2.45, 2.75) is 141 Å². The number of carbonyl (C=O) groups is 2. The zero-order valence-corrected chi connectivity index (χ0v) is 29.3. The fraction of sp³-hybridized carbons (Fsp3) is 0.744. The van der Waals surface area contributed by atoms with Crippen molar-refractivity contribution in [1.82, 2.24) is 5.32 Å². The average molecular weight is 656 g/mol. The van der Waals surface area contributed by atoms with Gasteiger partial charge < -0.3 is 20.3 Å². The molecule has 46 heavy (non-hydrogen) atoms. The number of carboxylic acids is 1. The van der Waals surface area contributed by atoms with Gasteiger partial charge in [0.1, 0.15) is 0 Å². The zero-order chi connectivity index (χ0) is 32.9. The number of fused-ring (bicyclic) bond motifs is 2. The van der Waals surface area contributed by atoms with E-state index in [1.54, 1.807) is 0 Å². The second-order valence-electron chi connectivity index (χ2n) is 14.5. The van der Waals surface area contributed by atoms with Gasteiger partial charge in [-0.15, -0.1) is 0 Å². The molecule has 0 heterocycles. The summed E-state index contributed by atoms with van der Waals surface area (Å²) in [5.41, 5.74) is 3.83. The number of aliphatic carboxylic acids is 1. The number of thiol groups is 1. The summed E-state index contributed by atoms with van der Waals surface area (Å²) in [5.74, 6) is 2.26. The quantitative estimate of drug-likeness (QED) is 0.0647. The lowest BCUT2D eigenvalue weighted by Gasteiger charge is -2.35. The SMILES string of the molecule is C=C(O[C@@H](CCCCC)CC[C@@H]1[C@H]2Cc3cccc(CCC(=O)O)c3C[C@H]2C[C@H]1O)C1CCCCC1C(=O)NCCCCCCS. The third-order valence-corrected chi connectivity index (χ3v) is 11.6. The van der Waals surface area contributed by atoms with Crippen LogP contribution in [0, 0.1) is 29.6 Å². The summed E-state index contributed by atoms with van der Waals surface area (Å²) < 4.78 is 6.72. The van der Waals surface area contributed by atoms with Crippen LogP contribution in [0.15, 0.2) is 30.5 Å². The van der Waals surface area contributed by atoms with E-state index in [9.17, 15) is 19.8 Å². The van der Waals surface area contributed by atoms with Crippen molar-refractivity contribution in [1.29, 1.82) is 0 Å². The number of benzene rings is 1. The Morgan fingerprint density at radius 1 is 1.04 bits per heavy atom. The van der Waals surface area contributed by atoms with Gasteiger partial charge in [0.2, 0.25) is 5.91 Å². The molecule has 2 unspecified atom stereocenters. The molecule has 4 rings (SSSR count). The first-order valence-electron chi connectivity index (χ1n) is 18.6. The lowest BCUT2D eigenvalue weighted by Crippen LogP contribution is -2.38. The van der Waals surface area contributed by atoms with Gasteiger partial charge >= 0.3 is 5.97 Å². The van der Waals surface area contributed by atoms with Crippen molar-refractivity contribution < 1.29 is 24.5 Å². The Bertz CT molecular complexity index is 1120. The maximum absolute atomic E-state index is 13.3. The molecule has 0 aliphatic heterocycles. The molecule has 3 aliphatic carbocycles. The monoisotopic (exact) mass is 655 g/mol. The van der Waals surface area contributed by atoms with E-state index in [1.807, 2.05) is 0 Å². The number of carbonyl (C=O) groups excluding carboxylic acids is 1. The molecule has 1 amide bonds. The van der Waals surface area contributed by atoms with Gasteiger partial charge in [-0.1, -0.05) is 70.2 Å². The van der Waals surface area contributed by atoms with Gasteiger partial charge in [-0.25, -0.2) is 0 Å². The maximum Gasteiger partial charge on any atom is 0.303 e. The van der Waals surface area contributed by atoms with Crippen LogP contribution in [0.2, 0.25) is 0 Å². The maximum atomic E-state index is 13.3. The normalized spacial score (nSPS) is 26.2. The van der Waals surface area contributed by atoms with E-state index in [1.165, 1.54) is 17.5 Å². The van der Waals surface area contributed by atoms with E-state index in [-0.39, 0.29) is 42.3 Å². The predicted molar refractivity (Wildman–Crippen MR) is 189 cm³/mol. The Morgan fingerprint density at radius 3 is 2.59 bits per heavy atom. The highest BCUT2D eigenvalue weighted by Crippen LogP contribution is 2.48. The number of nitrogens with one attached hydrogen (secondary N) is 1. The van der Waals surface area contributed by atoms with Crippen LogP contribution in [0.1, 0.15) is 126 Å². The van der Waals surface area contributed by atoms with Crippen LogP contribution in [-0.4, -0.2) is 46.6 Å². The summed E-state index contributed by atoms with van der Waals surface area (Å²) in [7, 11) is 0. The molecule has 7 heteroatoms. The summed E-state index contributed by atoms with van der Waals surface area (Å²) in [6.07, 6.45) is 17.9. The average Bonchev–Trinajstić information content (AvgIpc) is 3.36. The Hall–Kier alpha value is -1.99. The molecule has 6 nitrogen and oxygen atoms in total. The number of aryl methyl sites for hydroxylation is 1. The lowest BCUT2D eigenvalue weighted by atomic mass is 9.72. The van der Waals surface area contributed by atoms with Gasteiger partial charge in [-0.05, 0) is 117 Å².